The average Bonchev–Trinajstić information content (AvgIpc) is 2.27. The van der Waals surface area contributed by atoms with Crippen LogP contribution in [0.15, 0.2) is 21.1 Å². The molecule has 0 aliphatic heterocycles. The van der Waals surface area contributed by atoms with E-state index in [1.165, 1.54) is 0 Å². The van der Waals surface area contributed by atoms with E-state index in [4.69, 9.17) is 9.84 Å². The van der Waals surface area contributed by atoms with Gasteiger partial charge in [0, 0.05) is 0 Å². The molecule has 0 aliphatic rings. The molecule has 3 nitrogen and oxygen atoms in total. The average molecular weight is 354 g/mol. The van der Waals surface area contributed by atoms with Crippen molar-refractivity contribution < 1.29 is 14.9 Å². The molecule has 0 aliphatic carbocycles. The Bertz CT molecular complexity index is 332. The molecule has 0 aromatic heterocycles. The molecule has 2 N–H and O–H groups in total. The van der Waals surface area contributed by atoms with Crippen LogP contribution in [0.3, 0.4) is 0 Å². The van der Waals surface area contributed by atoms with Crippen molar-refractivity contribution in [1.82, 2.24) is 0 Å². The minimum atomic E-state index is -0.462. The lowest BCUT2D eigenvalue weighted by Crippen LogP contribution is -2.16. The topological polar surface area (TPSA) is 49.7 Å². The van der Waals surface area contributed by atoms with Crippen molar-refractivity contribution in [2.24, 2.45) is 0 Å². The van der Waals surface area contributed by atoms with Gasteiger partial charge in [0.1, 0.15) is 12.4 Å². The van der Waals surface area contributed by atoms with Crippen LogP contribution in [0.25, 0.3) is 0 Å². The molecule has 90 valence electrons. The second-order valence-corrected chi connectivity index (χ2v) is 5.13. The molecule has 0 fully saturated rings. The Morgan fingerprint density at radius 3 is 2.31 bits per heavy atom. The summed E-state index contributed by atoms with van der Waals surface area (Å²) in [5, 5.41) is 18.4. The number of benzene rings is 1. The van der Waals surface area contributed by atoms with Gasteiger partial charge in [-0.3, -0.25) is 0 Å². The second kappa shape index (κ2) is 6.59. The van der Waals surface area contributed by atoms with Gasteiger partial charge in [0.15, 0.2) is 0 Å². The first-order valence-electron chi connectivity index (χ1n) is 4.98. The van der Waals surface area contributed by atoms with E-state index in [0.29, 0.717) is 12.2 Å². The highest BCUT2D eigenvalue weighted by molar-refractivity contribution is 9.11. The number of ether oxygens (including phenoxy) is 1. The molecule has 0 amide bonds. The monoisotopic (exact) mass is 352 g/mol. The molecule has 0 heterocycles. The summed E-state index contributed by atoms with van der Waals surface area (Å²) in [7, 11) is 0. The minimum absolute atomic E-state index is 0.0188. The van der Waals surface area contributed by atoms with Gasteiger partial charge in [-0.15, -0.1) is 0 Å². The predicted molar refractivity (Wildman–Crippen MR) is 69.6 cm³/mol. The molecule has 1 aromatic rings. The van der Waals surface area contributed by atoms with Crippen LogP contribution in [0.1, 0.15) is 18.9 Å². The lowest BCUT2D eigenvalue weighted by Gasteiger charge is -2.14. The Balaban J connectivity index is 2.80. The van der Waals surface area contributed by atoms with Crippen LogP contribution >= 0.6 is 31.9 Å². The van der Waals surface area contributed by atoms with Crippen molar-refractivity contribution in [1.29, 1.82) is 0 Å². The third-order valence-electron chi connectivity index (χ3n) is 2.13. The molecule has 5 heteroatoms. The van der Waals surface area contributed by atoms with Gasteiger partial charge in [0.05, 0.1) is 21.7 Å². The molecule has 1 rings (SSSR count). The summed E-state index contributed by atoms with van der Waals surface area (Å²) < 4.78 is 7.01. The Labute approximate surface area is 112 Å². The molecule has 0 radical (unpaired) electrons. The summed E-state index contributed by atoms with van der Waals surface area (Å²) in [6, 6.07) is 3.58. The van der Waals surface area contributed by atoms with Gasteiger partial charge in [-0.05, 0) is 56.0 Å². The van der Waals surface area contributed by atoms with E-state index in [9.17, 15) is 5.11 Å². The highest BCUT2D eigenvalue weighted by Crippen LogP contribution is 2.34. The molecule has 0 saturated carbocycles. The zero-order valence-electron chi connectivity index (χ0n) is 8.91. The number of aliphatic hydroxyl groups excluding tert-OH is 2. The molecule has 0 saturated heterocycles. The summed E-state index contributed by atoms with van der Waals surface area (Å²) in [5.74, 6) is 0.643. The van der Waals surface area contributed by atoms with Crippen LogP contribution in [0, 0.1) is 0 Å². The lowest BCUT2D eigenvalue weighted by atomic mass is 10.2. The maximum Gasteiger partial charge on any atom is 0.147 e. The normalized spacial score (nSPS) is 12.6. The zero-order chi connectivity index (χ0) is 12.1. The molecular formula is C11H14Br2O3. The first-order chi connectivity index (χ1) is 7.58. The van der Waals surface area contributed by atoms with Crippen LogP contribution in [0.2, 0.25) is 0 Å². The van der Waals surface area contributed by atoms with Crippen LogP contribution in [-0.2, 0) is 6.61 Å². The molecule has 16 heavy (non-hydrogen) atoms. The highest BCUT2D eigenvalue weighted by atomic mass is 79.9. The molecule has 1 atom stereocenters. The van der Waals surface area contributed by atoms with E-state index >= 15 is 0 Å². The maximum absolute atomic E-state index is 9.41. The fraction of sp³-hybridized carbons (Fsp3) is 0.455. The van der Waals surface area contributed by atoms with Crippen molar-refractivity contribution in [2.45, 2.75) is 26.1 Å². The van der Waals surface area contributed by atoms with Gasteiger partial charge < -0.3 is 14.9 Å². The van der Waals surface area contributed by atoms with Crippen molar-refractivity contribution >= 4 is 31.9 Å². The molecule has 0 bridgehead atoms. The molecule has 1 aromatic carbocycles. The summed E-state index contributed by atoms with van der Waals surface area (Å²) >= 11 is 6.73. The highest BCUT2D eigenvalue weighted by Gasteiger charge is 2.10. The van der Waals surface area contributed by atoms with Gasteiger partial charge in [-0.25, -0.2) is 0 Å². The van der Waals surface area contributed by atoms with Crippen LogP contribution < -0.4 is 4.74 Å². The van der Waals surface area contributed by atoms with Crippen molar-refractivity contribution in [3.63, 3.8) is 0 Å². The SMILES string of the molecule is CCC(O)COc1c(Br)cc(CO)cc1Br. The number of hydrogen-bond acceptors (Lipinski definition) is 3. The molecule has 0 spiro atoms. The van der Waals surface area contributed by atoms with E-state index in [1.807, 2.05) is 6.92 Å². The van der Waals surface area contributed by atoms with E-state index in [1.54, 1.807) is 12.1 Å². The number of halogens is 2. The van der Waals surface area contributed by atoms with Crippen molar-refractivity contribution in [3.05, 3.63) is 26.6 Å². The van der Waals surface area contributed by atoms with Crippen LogP contribution in [-0.4, -0.2) is 22.9 Å². The molecule has 1 unspecified atom stereocenters. The first kappa shape index (κ1) is 14.0. The zero-order valence-corrected chi connectivity index (χ0v) is 12.1. The van der Waals surface area contributed by atoms with Crippen LogP contribution in [0.5, 0.6) is 5.75 Å². The van der Waals surface area contributed by atoms with E-state index in [-0.39, 0.29) is 13.2 Å². The third-order valence-corrected chi connectivity index (χ3v) is 3.31. The fourth-order valence-corrected chi connectivity index (χ4v) is 2.65. The number of rotatable bonds is 5. The second-order valence-electron chi connectivity index (χ2n) is 3.42. The molecular weight excluding hydrogens is 340 g/mol. The largest absolute Gasteiger partial charge is 0.489 e. The Hall–Kier alpha value is -0.100. The lowest BCUT2D eigenvalue weighted by molar-refractivity contribution is 0.103. The van der Waals surface area contributed by atoms with E-state index in [0.717, 1.165) is 14.5 Å². The summed E-state index contributed by atoms with van der Waals surface area (Å²) in [6.45, 7) is 2.13. The maximum atomic E-state index is 9.41. The Kier molecular flexibility index (Phi) is 5.75. The van der Waals surface area contributed by atoms with Crippen molar-refractivity contribution in [3.8, 4) is 5.75 Å². The predicted octanol–water partition coefficient (Wildman–Crippen LogP) is 2.85. The van der Waals surface area contributed by atoms with Gasteiger partial charge in [-0.1, -0.05) is 6.92 Å². The van der Waals surface area contributed by atoms with Gasteiger partial charge in [-0.2, -0.15) is 0 Å². The Morgan fingerprint density at radius 2 is 1.88 bits per heavy atom. The number of hydrogen-bond donors (Lipinski definition) is 2. The third kappa shape index (κ3) is 3.73. The fourth-order valence-electron chi connectivity index (χ4n) is 1.14. The first-order valence-corrected chi connectivity index (χ1v) is 6.56. The van der Waals surface area contributed by atoms with Gasteiger partial charge in [0.25, 0.3) is 0 Å². The quantitative estimate of drug-likeness (QED) is 0.855. The van der Waals surface area contributed by atoms with E-state index in [2.05, 4.69) is 31.9 Å². The smallest absolute Gasteiger partial charge is 0.147 e. The van der Waals surface area contributed by atoms with E-state index < -0.39 is 6.10 Å². The standard InChI is InChI=1S/C11H14Br2O3/c1-2-8(15)6-16-11-9(12)3-7(5-14)4-10(11)13/h3-4,8,14-15H,2,5-6H2,1H3. The minimum Gasteiger partial charge on any atom is -0.489 e. The van der Waals surface area contributed by atoms with Gasteiger partial charge in [0.2, 0.25) is 0 Å². The summed E-state index contributed by atoms with van der Waals surface area (Å²) in [4.78, 5) is 0. The van der Waals surface area contributed by atoms with Gasteiger partial charge >= 0.3 is 0 Å². The summed E-state index contributed by atoms with van der Waals surface area (Å²) in [6.07, 6.45) is 0.195. The Morgan fingerprint density at radius 1 is 1.31 bits per heavy atom. The number of aliphatic hydroxyl groups is 2. The van der Waals surface area contributed by atoms with Crippen molar-refractivity contribution in [2.75, 3.05) is 6.61 Å². The van der Waals surface area contributed by atoms with Crippen LogP contribution in [0.4, 0.5) is 0 Å². The summed E-state index contributed by atoms with van der Waals surface area (Å²) in [5.41, 5.74) is 0.794.